The van der Waals surface area contributed by atoms with E-state index in [1.807, 2.05) is 25.1 Å². The molecule has 0 aliphatic carbocycles. The molecule has 232 valence electrons. The molecule has 0 bridgehead atoms. The predicted molar refractivity (Wildman–Crippen MR) is 172 cm³/mol. The minimum absolute atomic E-state index is 0.0946. The van der Waals surface area contributed by atoms with Gasteiger partial charge in [0.25, 0.3) is 0 Å². The maximum atomic E-state index is 12.6. The topological polar surface area (TPSA) is 125 Å². The van der Waals surface area contributed by atoms with Crippen LogP contribution in [0.3, 0.4) is 0 Å². The first kappa shape index (κ1) is 32.2. The largest absolute Gasteiger partial charge is 0.491 e. The summed E-state index contributed by atoms with van der Waals surface area (Å²) in [4.78, 5) is 37.9. The highest BCUT2D eigenvalue weighted by Gasteiger charge is 2.18. The van der Waals surface area contributed by atoms with E-state index in [1.165, 1.54) is 0 Å². The van der Waals surface area contributed by atoms with Crippen LogP contribution in [0.5, 0.6) is 11.6 Å². The molecule has 0 saturated carbocycles. The van der Waals surface area contributed by atoms with Crippen LogP contribution in [0, 0.1) is 6.92 Å². The van der Waals surface area contributed by atoms with E-state index in [1.54, 1.807) is 64.7 Å². The lowest BCUT2D eigenvalue weighted by molar-refractivity contribution is -0.116. The second-order valence-corrected chi connectivity index (χ2v) is 11.5. The molecule has 0 aliphatic rings. The smallest absolute Gasteiger partial charge is 0.412 e. The number of pyridine rings is 1. The van der Waals surface area contributed by atoms with Crippen LogP contribution in [0.2, 0.25) is 0 Å². The Morgan fingerprint density at radius 1 is 0.841 bits per heavy atom. The minimum atomic E-state index is -0.613. The summed E-state index contributed by atoms with van der Waals surface area (Å²) in [5.41, 5.74) is 4.02. The molecule has 0 saturated heterocycles. The maximum absolute atomic E-state index is 12.6. The van der Waals surface area contributed by atoms with Gasteiger partial charge in [-0.25, -0.2) is 19.7 Å². The molecule has 4 aromatic rings. The molecule has 10 heteroatoms. The average molecular weight is 600 g/mol. The lowest BCUT2D eigenvalue weighted by Gasteiger charge is -2.20. The summed E-state index contributed by atoms with van der Waals surface area (Å²) < 4.78 is 16.7. The number of para-hydroxylation sites is 2. The number of hydrogen-bond acceptors (Lipinski definition) is 8. The number of ether oxygens (including phenoxy) is 3. The first-order valence-electron chi connectivity index (χ1n) is 14.9. The molecule has 2 N–H and O–H groups in total. The van der Waals surface area contributed by atoms with E-state index in [2.05, 4.69) is 31.7 Å². The van der Waals surface area contributed by atoms with Crippen molar-refractivity contribution in [1.29, 1.82) is 0 Å². The number of carbonyl (C=O) groups excluding carboxylic acids is 2. The van der Waals surface area contributed by atoms with Gasteiger partial charge in [-0.2, -0.15) is 0 Å². The second kappa shape index (κ2) is 15.1. The molecule has 0 spiro atoms. The third-order valence-corrected chi connectivity index (χ3v) is 6.82. The fourth-order valence-electron chi connectivity index (χ4n) is 4.64. The van der Waals surface area contributed by atoms with Crippen LogP contribution < -0.4 is 20.1 Å². The highest BCUT2D eigenvalue weighted by atomic mass is 16.6. The van der Waals surface area contributed by atoms with Gasteiger partial charge in [-0.1, -0.05) is 31.4 Å². The molecule has 2 aromatic carbocycles. The van der Waals surface area contributed by atoms with Crippen LogP contribution in [-0.4, -0.2) is 46.3 Å². The summed E-state index contributed by atoms with van der Waals surface area (Å²) in [7, 11) is 1.59. The van der Waals surface area contributed by atoms with Crippen LogP contribution in [0.1, 0.15) is 65.0 Å². The molecular formula is C34H41N5O5. The SMILES string of the molecule is COc1ccc(-c2cc(OCCCCCCCC(=O)Nc3ccccc3NC(=O)OC(C)(C)C)c3ncnc(C)c3c2)cn1. The van der Waals surface area contributed by atoms with E-state index in [0.717, 1.165) is 65.6 Å². The summed E-state index contributed by atoms with van der Waals surface area (Å²) >= 11 is 0. The van der Waals surface area contributed by atoms with Crippen molar-refractivity contribution >= 4 is 34.3 Å². The average Bonchev–Trinajstić information content (AvgIpc) is 2.99. The van der Waals surface area contributed by atoms with Gasteiger partial charge in [0.05, 0.1) is 25.1 Å². The Hall–Kier alpha value is -4.73. The van der Waals surface area contributed by atoms with Crippen LogP contribution in [0.15, 0.2) is 61.1 Å². The minimum Gasteiger partial charge on any atom is -0.491 e. The zero-order valence-corrected chi connectivity index (χ0v) is 26.1. The Bertz CT molecular complexity index is 1570. The summed E-state index contributed by atoms with van der Waals surface area (Å²) in [6.45, 7) is 7.92. The third-order valence-electron chi connectivity index (χ3n) is 6.82. The molecule has 2 amide bonds. The normalized spacial score (nSPS) is 11.2. The fraction of sp³-hybridized carbons (Fsp3) is 0.382. The molecule has 0 aliphatic heterocycles. The highest BCUT2D eigenvalue weighted by Crippen LogP contribution is 2.33. The van der Waals surface area contributed by atoms with Crippen molar-refractivity contribution in [3.05, 3.63) is 66.7 Å². The fourth-order valence-corrected chi connectivity index (χ4v) is 4.64. The van der Waals surface area contributed by atoms with Crippen molar-refractivity contribution in [2.45, 2.75) is 71.8 Å². The van der Waals surface area contributed by atoms with Crippen molar-refractivity contribution in [2.75, 3.05) is 24.4 Å². The Morgan fingerprint density at radius 3 is 2.27 bits per heavy atom. The lowest BCUT2D eigenvalue weighted by Crippen LogP contribution is -2.27. The van der Waals surface area contributed by atoms with Crippen LogP contribution in [0.25, 0.3) is 22.0 Å². The van der Waals surface area contributed by atoms with Gasteiger partial charge in [-0.05, 0) is 76.4 Å². The number of nitrogens with one attached hydrogen (secondary N) is 2. The number of aryl methyl sites for hydroxylation is 1. The van der Waals surface area contributed by atoms with Crippen molar-refractivity contribution in [3.8, 4) is 22.8 Å². The van der Waals surface area contributed by atoms with E-state index < -0.39 is 11.7 Å². The molecule has 10 nitrogen and oxygen atoms in total. The van der Waals surface area contributed by atoms with E-state index in [4.69, 9.17) is 14.2 Å². The molecule has 2 heterocycles. The third kappa shape index (κ3) is 9.39. The van der Waals surface area contributed by atoms with E-state index in [-0.39, 0.29) is 5.91 Å². The van der Waals surface area contributed by atoms with Gasteiger partial charge in [0.15, 0.2) is 0 Å². The molecule has 0 unspecified atom stereocenters. The number of rotatable bonds is 13. The number of benzene rings is 2. The number of methoxy groups -OCH3 is 1. The first-order valence-corrected chi connectivity index (χ1v) is 14.9. The van der Waals surface area contributed by atoms with Gasteiger partial charge in [0, 0.05) is 35.3 Å². The summed E-state index contributed by atoms with van der Waals surface area (Å²) in [5, 5.41) is 6.55. The predicted octanol–water partition coefficient (Wildman–Crippen LogP) is 7.71. The zero-order valence-electron chi connectivity index (χ0n) is 26.1. The zero-order chi connectivity index (χ0) is 31.5. The van der Waals surface area contributed by atoms with Gasteiger partial charge in [-0.3, -0.25) is 10.1 Å². The van der Waals surface area contributed by atoms with E-state index in [0.29, 0.717) is 30.3 Å². The second-order valence-electron chi connectivity index (χ2n) is 11.5. The lowest BCUT2D eigenvalue weighted by atomic mass is 10.0. The van der Waals surface area contributed by atoms with Crippen molar-refractivity contribution in [2.24, 2.45) is 0 Å². The number of anilines is 2. The van der Waals surface area contributed by atoms with Crippen molar-refractivity contribution in [1.82, 2.24) is 15.0 Å². The molecule has 0 atom stereocenters. The van der Waals surface area contributed by atoms with Crippen LogP contribution >= 0.6 is 0 Å². The quantitative estimate of drug-likeness (QED) is 0.150. The Morgan fingerprint density at radius 2 is 1.57 bits per heavy atom. The summed E-state index contributed by atoms with van der Waals surface area (Å²) in [6.07, 6.45) is 7.74. The molecule has 44 heavy (non-hydrogen) atoms. The monoisotopic (exact) mass is 599 g/mol. The molecule has 4 rings (SSSR count). The van der Waals surface area contributed by atoms with Gasteiger partial charge >= 0.3 is 6.09 Å². The van der Waals surface area contributed by atoms with Gasteiger partial charge in [0.1, 0.15) is 23.2 Å². The number of amides is 2. The number of hydrogen-bond donors (Lipinski definition) is 2. The highest BCUT2D eigenvalue weighted by molar-refractivity contribution is 5.97. The number of aromatic nitrogens is 3. The van der Waals surface area contributed by atoms with Gasteiger partial charge in [0.2, 0.25) is 11.8 Å². The standard InChI is InChI=1S/C34H41N5O5/c1-23-26-19-25(24-16-17-31(42-5)35-21-24)20-29(32(26)37-22-36-23)43-18-12-8-6-7-9-15-30(40)38-27-13-10-11-14-28(27)39-33(41)44-34(2,3)4/h10-11,13-14,16-17,19-22H,6-9,12,15,18H2,1-5H3,(H,38,40)(H,39,41). The van der Waals surface area contributed by atoms with E-state index in [9.17, 15) is 9.59 Å². The number of unbranched alkanes of at least 4 members (excludes halogenated alkanes) is 4. The molecule has 0 radical (unpaired) electrons. The van der Waals surface area contributed by atoms with Gasteiger partial charge < -0.3 is 19.5 Å². The maximum Gasteiger partial charge on any atom is 0.412 e. The molecule has 2 aromatic heterocycles. The number of nitrogens with zero attached hydrogens (tertiary/aromatic N) is 3. The van der Waals surface area contributed by atoms with Crippen molar-refractivity contribution < 1.29 is 23.8 Å². The van der Waals surface area contributed by atoms with Crippen LogP contribution in [0.4, 0.5) is 16.2 Å². The number of fused-ring (bicyclic) bond motifs is 1. The number of carbonyl (C=O) groups is 2. The summed E-state index contributed by atoms with van der Waals surface area (Å²) in [6, 6.07) is 14.9. The van der Waals surface area contributed by atoms with E-state index >= 15 is 0 Å². The molecular weight excluding hydrogens is 558 g/mol. The van der Waals surface area contributed by atoms with Crippen molar-refractivity contribution in [3.63, 3.8) is 0 Å². The first-order chi connectivity index (χ1) is 21.1. The Kier molecular flexibility index (Phi) is 11.1. The summed E-state index contributed by atoms with van der Waals surface area (Å²) in [5.74, 6) is 1.18. The van der Waals surface area contributed by atoms with Gasteiger partial charge in [-0.15, -0.1) is 0 Å². The molecule has 0 fully saturated rings. The van der Waals surface area contributed by atoms with Crippen LogP contribution in [-0.2, 0) is 9.53 Å². The Balaban J connectivity index is 1.21. The Labute approximate surface area is 258 Å².